The Hall–Kier alpha value is -2.11. The van der Waals surface area contributed by atoms with E-state index in [1.54, 1.807) is 6.92 Å². The molecule has 1 N–H and O–H groups in total. The Labute approximate surface area is 118 Å². The van der Waals surface area contributed by atoms with Crippen LogP contribution in [0, 0.1) is 11.6 Å². The van der Waals surface area contributed by atoms with Gasteiger partial charge in [0.25, 0.3) is 0 Å². The maximum absolute atomic E-state index is 13.6. The zero-order valence-electron chi connectivity index (χ0n) is 11.0. The van der Waals surface area contributed by atoms with Gasteiger partial charge >= 0.3 is 6.18 Å². The van der Waals surface area contributed by atoms with Gasteiger partial charge in [-0.3, -0.25) is 0 Å². The van der Waals surface area contributed by atoms with E-state index in [-0.39, 0.29) is 11.3 Å². The molecule has 2 aromatic carbocycles. The van der Waals surface area contributed by atoms with E-state index in [1.807, 2.05) is 0 Å². The standard InChI is InChI=1S/C15H12F5N/c1-9(13-6-5-11(16)8-14(13)17)21-12-4-2-3-10(7-12)15(18,19)20/h2-9,21H,1H3. The third kappa shape index (κ3) is 3.71. The smallest absolute Gasteiger partial charge is 0.378 e. The number of nitrogens with one attached hydrogen (secondary N) is 1. The van der Waals surface area contributed by atoms with E-state index in [1.165, 1.54) is 18.2 Å². The van der Waals surface area contributed by atoms with E-state index in [4.69, 9.17) is 0 Å². The number of hydrogen-bond donors (Lipinski definition) is 1. The lowest BCUT2D eigenvalue weighted by Crippen LogP contribution is -2.10. The summed E-state index contributed by atoms with van der Waals surface area (Å²) in [4.78, 5) is 0. The third-order valence-corrected chi connectivity index (χ3v) is 3.00. The number of alkyl halides is 3. The van der Waals surface area contributed by atoms with Crippen LogP contribution in [0.3, 0.4) is 0 Å². The summed E-state index contributed by atoms with van der Waals surface area (Å²) < 4.78 is 64.3. The molecular formula is C15H12F5N. The molecule has 0 heterocycles. The van der Waals surface area contributed by atoms with E-state index in [9.17, 15) is 22.0 Å². The van der Waals surface area contributed by atoms with E-state index in [0.29, 0.717) is 0 Å². The van der Waals surface area contributed by atoms with Crippen molar-refractivity contribution in [2.75, 3.05) is 5.32 Å². The minimum atomic E-state index is -4.44. The van der Waals surface area contributed by atoms with Crippen molar-refractivity contribution in [2.24, 2.45) is 0 Å². The molecule has 0 radical (unpaired) electrons. The lowest BCUT2D eigenvalue weighted by atomic mass is 10.1. The highest BCUT2D eigenvalue weighted by molar-refractivity contribution is 5.48. The van der Waals surface area contributed by atoms with Crippen LogP contribution in [-0.4, -0.2) is 0 Å². The summed E-state index contributed by atoms with van der Waals surface area (Å²) in [6.45, 7) is 1.58. The van der Waals surface area contributed by atoms with Crippen LogP contribution in [0.15, 0.2) is 42.5 Å². The second-order valence-corrected chi connectivity index (χ2v) is 4.61. The molecular weight excluding hydrogens is 289 g/mol. The predicted octanol–water partition coefficient (Wildman–Crippen LogP) is 5.16. The number of halogens is 5. The van der Waals surface area contributed by atoms with Crippen LogP contribution < -0.4 is 5.32 Å². The first-order chi connectivity index (χ1) is 9.77. The summed E-state index contributed by atoms with van der Waals surface area (Å²) in [6.07, 6.45) is -4.44. The van der Waals surface area contributed by atoms with Crippen molar-refractivity contribution < 1.29 is 22.0 Å². The van der Waals surface area contributed by atoms with Crippen molar-refractivity contribution in [3.8, 4) is 0 Å². The van der Waals surface area contributed by atoms with Crippen LogP contribution in [0.4, 0.5) is 27.6 Å². The molecule has 2 aromatic rings. The molecule has 1 unspecified atom stereocenters. The number of hydrogen-bond acceptors (Lipinski definition) is 1. The fraction of sp³-hybridized carbons (Fsp3) is 0.200. The van der Waals surface area contributed by atoms with Gasteiger partial charge in [-0.1, -0.05) is 12.1 Å². The van der Waals surface area contributed by atoms with Gasteiger partial charge in [0.1, 0.15) is 11.6 Å². The van der Waals surface area contributed by atoms with Gasteiger partial charge in [0.05, 0.1) is 11.6 Å². The van der Waals surface area contributed by atoms with Crippen LogP contribution >= 0.6 is 0 Å². The van der Waals surface area contributed by atoms with Gasteiger partial charge in [-0.2, -0.15) is 13.2 Å². The lowest BCUT2D eigenvalue weighted by Gasteiger charge is -2.17. The average molecular weight is 301 g/mol. The monoisotopic (exact) mass is 301 g/mol. The molecule has 21 heavy (non-hydrogen) atoms. The van der Waals surface area contributed by atoms with Gasteiger partial charge in [-0.25, -0.2) is 8.78 Å². The first kappa shape index (κ1) is 15.3. The molecule has 2 rings (SSSR count). The molecule has 0 bridgehead atoms. The third-order valence-electron chi connectivity index (χ3n) is 3.00. The molecule has 0 aliphatic heterocycles. The molecule has 0 spiro atoms. The highest BCUT2D eigenvalue weighted by Gasteiger charge is 2.30. The van der Waals surface area contributed by atoms with Gasteiger partial charge in [-0.05, 0) is 31.2 Å². The first-order valence-corrected chi connectivity index (χ1v) is 6.16. The SMILES string of the molecule is CC(Nc1cccc(C(F)(F)F)c1)c1ccc(F)cc1F. The molecule has 0 amide bonds. The largest absolute Gasteiger partial charge is 0.416 e. The first-order valence-electron chi connectivity index (χ1n) is 6.16. The molecule has 0 fully saturated rings. The summed E-state index contributed by atoms with van der Waals surface area (Å²) in [6, 6.07) is 7.10. The van der Waals surface area contributed by atoms with Gasteiger partial charge in [0.2, 0.25) is 0 Å². The summed E-state index contributed by atoms with van der Waals surface area (Å²) in [5, 5.41) is 2.77. The van der Waals surface area contributed by atoms with Crippen molar-refractivity contribution in [2.45, 2.75) is 19.1 Å². The molecule has 0 aliphatic carbocycles. The van der Waals surface area contributed by atoms with Crippen molar-refractivity contribution in [1.29, 1.82) is 0 Å². The second kappa shape index (κ2) is 5.71. The van der Waals surface area contributed by atoms with E-state index in [0.717, 1.165) is 24.3 Å². The normalized spacial score (nSPS) is 13.0. The maximum Gasteiger partial charge on any atom is 0.416 e. The summed E-state index contributed by atoms with van der Waals surface area (Å²) in [5.74, 6) is -1.45. The van der Waals surface area contributed by atoms with Gasteiger partial charge in [0.15, 0.2) is 0 Å². The van der Waals surface area contributed by atoms with E-state index in [2.05, 4.69) is 5.32 Å². The Bertz CT molecular complexity index is 636. The molecule has 1 atom stereocenters. The minimum absolute atomic E-state index is 0.175. The summed E-state index contributed by atoms with van der Waals surface area (Å²) in [7, 11) is 0. The lowest BCUT2D eigenvalue weighted by molar-refractivity contribution is -0.137. The quantitative estimate of drug-likeness (QED) is 0.772. The molecule has 0 saturated heterocycles. The molecule has 0 aliphatic rings. The molecule has 6 heteroatoms. The number of anilines is 1. The highest BCUT2D eigenvalue weighted by atomic mass is 19.4. The van der Waals surface area contributed by atoms with Gasteiger partial charge in [-0.15, -0.1) is 0 Å². The van der Waals surface area contributed by atoms with Gasteiger partial charge < -0.3 is 5.32 Å². The Kier molecular flexibility index (Phi) is 4.16. The van der Waals surface area contributed by atoms with Crippen LogP contribution in [-0.2, 0) is 6.18 Å². The van der Waals surface area contributed by atoms with Crippen LogP contribution in [0.2, 0.25) is 0 Å². The Balaban J connectivity index is 2.21. The van der Waals surface area contributed by atoms with Crippen molar-refractivity contribution in [3.63, 3.8) is 0 Å². The maximum atomic E-state index is 13.6. The van der Waals surface area contributed by atoms with Crippen LogP contribution in [0.5, 0.6) is 0 Å². The van der Waals surface area contributed by atoms with E-state index >= 15 is 0 Å². The molecule has 112 valence electrons. The zero-order chi connectivity index (χ0) is 15.6. The predicted molar refractivity (Wildman–Crippen MR) is 69.8 cm³/mol. The van der Waals surface area contributed by atoms with Crippen molar-refractivity contribution >= 4 is 5.69 Å². The van der Waals surface area contributed by atoms with Crippen molar-refractivity contribution in [1.82, 2.24) is 0 Å². The topological polar surface area (TPSA) is 12.0 Å². The Morgan fingerprint density at radius 3 is 2.33 bits per heavy atom. The highest BCUT2D eigenvalue weighted by Crippen LogP contribution is 2.31. The van der Waals surface area contributed by atoms with Crippen molar-refractivity contribution in [3.05, 3.63) is 65.2 Å². The second-order valence-electron chi connectivity index (χ2n) is 4.61. The average Bonchev–Trinajstić information content (AvgIpc) is 2.37. The summed E-state index contributed by atoms with van der Waals surface area (Å²) >= 11 is 0. The fourth-order valence-corrected chi connectivity index (χ4v) is 1.97. The minimum Gasteiger partial charge on any atom is -0.378 e. The van der Waals surface area contributed by atoms with Crippen LogP contribution in [0.1, 0.15) is 24.1 Å². The number of rotatable bonds is 3. The Morgan fingerprint density at radius 2 is 1.71 bits per heavy atom. The van der Waals surface area contributed by atoms with Gasteiger partial charge in [0, 0.05) is 17.3 Å². The molecule has 0 aromatic heterocycles. The molecule has 1 nitrogen and oxygen atoms in total. The zero-order valence-corrected chi connectivity index (χ0v) is 11.0. The number of benzene rings is 2. The summed E-state index contributed by atoms with van der Waals surface area (Å²) in [5.41, 5.74) is -0.408. The fourth-order valence-electron chi connectivity index (χ4n) is 1.97. The molecule has 0 saturated carbocycles. The van der Waals surface area contributed by atoms with E-state index < -0.39 is 29.4 Å². The Morgan fingerprint density at radius 1 is 1.00 bits per heavy atom. The van der Waals surface area contributed by atoms with Crippen LogP contribution in [0.25, 0.3) is 0 Å².